The molecular weight excluding hydrogens is 314 g/mol. The molecule has 5 heteroatoms. The SMILES string of the molecule is CCNC(=O)c1cc(Br)c(O)c(Br)c1. The van der Waals surface area contributed by atoms with Crippen LogP contribution in [0.5, 0.6) is 5.75 Å². The minimum absolute atomic E-state index is 0.0954. The summed E-state index contributed by atoms with van der Waals surface area (Å²) in [5, 5.41) is 12.1. The predicted molar refractivity (Wildman–Crippen MR) is 61.5 cm³/mol. The second-order valence-electron chi connectivity index (χ2n) is 2.65. The minimum atomic E-state index is -0.158. The molecule has 76 valence electrons. The zero-order valence-corrected chi connectivity index (χ0v) is 10.6. The van der Waals surface area contributed by atoms with E-state index in [2.05, 4.69) is 37.2 Å². The van der Waals surface area contributed by atoms with Crippen molar-refractivity contribution in [2.24, 2.45) is 0 Å². The van der Waals surface area contributed by atoms with Gasteiger partial charge in [0.2, 0.25) is 0 Å². The third kappa shape index (κ3) is 2.48. The average molecular weight is 323 g/mol. The highest BCUT2D eigenvalue weighted by atomic mass is 79.9. The number of nitrogens with one attached hydrogen (secondary N) is 1. The summed E-state index contributed by atoms with van der Waals surface area (Å²) < 4.78 is 0.987. The van der Waals surface area contributed by atoms with Crippen LogP contribution in [-0.4, -0.2) is 17.6 Å². The van der Waals surface area contributed by atoms with Gasteiger partial charge >= 0.3 is 0 Å². The standard InChI is InChI=1S/C9H9Br2NO2/c1-2-12-9(14)5-3-6(10)8(13)7(11)4-5/h3-4,13H,2H2,1H3,(H,12,14). The van der Waals surface area contributed by atoms with E-state index in [0.29, 0.717) is 21.1 Å². The lowest BCUT2D eigenvalue weighted by Gasteiger charge is -2.05. The number of phenolic OH excluding ortho intramolecular Hbond substituents is 1. The van der Waals surface area contributed by atoms with Crippen LogP contribution in [0.25, 0.3) is 0 Å². The summed E-state index contributed by atoms with van der Waals surface area (Å²) in [4.78, 5) is 11.4. The van der Waals surface area contributed by atoms with Gasteiger partial charge in [-0.1, -0.05) is 0 Å². The normalized spacial score (nSPS) is 9.93. The summed E-state index contributed by atoms with van der Waals surface area (Å²) in [5.41, 5.74) is 0.503. The third-order valence-electron chi connectivity index (χ3n) is 1.62. The van der Waals surface area contributed by atoms with Crippen molar-refractivity contribution in [3.63, 3.8) is 0 Å². The number of rotatable bonds is 2. The number of halogens is 2. The molecule has 0 aliphatic carbocycles. The van der Waals surface area contributed by atoms with Crippen molar-refractivity contribution >= 4 is 37.8 Å². The Morgan fingerprint density at radius 2 is 1.93 bits per heavy atom. The maximum Gasteiger partial charge on any atom is 0.251 e. The molecule has 14 heavy (non-hydrogen) atoms. The molecule has 1 aromatic carbocycles. The number of phenols is 1. The van der Waals surface area contributed by atoms with Crippen LogP contribution >= 0.6 is 31.9 Å². The number of aromatic hydroxyl groups is 1. The van der Waals surface area contributed by atoms with Crippen molar-refractivity contribution in [3.05, 3.63) is 26.6 Å². The van der Waals surface area contributed by atoms with E-state index in [9.17, 15) is 9.90 Å². The summed E-state index contributed by atoms with van der Waals surface area (Å²) in [6, 6.07) is 3.15. The molecule has 3 nitrogen and oxygen atoms in total. The van der Waals surface area contributed by atoms with Crippen LogP contribution in [-0.2, 0) is 0 Å². The Hall–Kier alpha value is -0.550. The summed E-state index contributed by atoms with van der Waals surface area (Å²) in [6.07, 6.45) is 0. The number of amides is 1. The Bertz CT molecular complexity index is 343. The van der Waals surface area contributed by atoms with Gasteiger partial charge in [-0.05, 0) is 50.9 Å². The van der Waals surface area contributed by atoms with Gasteiger partial charge in [0.15, 0.2) is 0 Å². The molecule has 0 aromatic heterocycles. The molecule has 0 saturated heterocycles. The number of carbonyl (C=O) groups is 1. The molecule has 0 heterocycles. The van der Waals surface area contributed by atoms with Gasteiger partial charge in [-0.25, -0.2) is 0 Å². The van der Waals surface area contributed by atoms with Crippen molar-refractivity contribution in [2.75, 3.05) is 6.54 Å². The molecule has 0 atom stereocenters. The first kappa shape index (κ1) is 11.5. The summed E-state index contributed by atoms with van der Waals surface area (Å²) in [7, 11) is 0. The van der Waals surface area contributed by atoms with E-state index in [1.54, 1.807) is 12.1 Å². The van der Waals surface area contributed by atoms with Crippen LogP contribution in [0.3, 0.4) is 0 Å². The van der Waals surface area contributed by atoms with Gasteiger partial charge in [0.05, 0.1) is 8.95 Å². The fourth-order valence-electron chi connectivity index (χ4n) is 0.959. The van der Waals surface area contributed by atoms with Crippen LogP contribution in [0.1, 0.15) is 17.3 Å². The highest BCUT2D eigenvalue weighted by Crippen LogP contribution is 2.33. The fourth-order valence-corrected chi connectivity index (χ4v) is 2.15. The third-order valence-corrected chi connectivity index (χ3v) is 2.83. The van der Waals surface area contributed by atoms with Gasteiger partial charge in [0.25, 0.3) is 5.91 Å². The molecule has 1 aromatic rings. The molecule has 0 bridgehead atoms. The number of benzene rings is 1. The van der Waals surface area contributed by atoms with E-state index >= 15 is 0 Å². The molecular formula is C9H9Br2NO2. The summed E-state index contributed by atoms with van der Waals surface area (Å²) >= 11 is 6.31. The minimum Gasteiger partial charge on any atom is -0.506 e. The van der Waals surface area contributed by atoms with E-state index in [1.165, 1.54) is 0 Å². The molecule has 0 aliphatic heterocycles. The monoisotopic (exact) mass is 321 g/mol. The summed E-state index contributed by atoms with van der Waals surface area (Å²) in [5.74, 6) is -0.0630. The number of carbonyl (C=O) groups excluding carboxylic acids is 1. The van der Waals surface area contributed by atoms with Gasteiger partial charge < -0.3 is 10.4 Å². The Labute approximate surface area is 98.8 Å². The molecule has 0 saturated carbocycles. The van der Waals surface area contributed by atoms with Crippen molar-refractivity contribution in [3.8, 4) is 5.75 Å². The molecule has 0 spiro atoms. The van der Waals surface area contributed by atoms with E-state index in [0.717, 1.165) is 0 Å². The first-order valence-corrected chi connectivity index (χ1v) is 5.61. The first-order chi connectivity index (χ1) is 6.56. The van der Waals surface area contributed by atoms with Crippen molar-refractivity contribution < 1.29 is 9.90 Å². The first-order valence-electron chi connectivity index (χ1n) is 4.02. The molecule has 2 N–H and O–H groups in total. The van der Waals surface area contributed by atoms with Gasteiger partial charge in [0, 0.05) is 12.1 Å². The number of hydrogen-bond donors (Lipinski definition) is 2. The van der Waals surface area contributed by atoms with E-state index in [-0.39, 0.29) is 11.7 Å². The topological polar surface area (TPSA) is 49.3 Å². The van der Waals surface area contributed by atoms with E-state index < -0.39 is 0 Å². The highest BCUT2D eigenvalue weighted by Gasteiger charge is 2.10. The molecule has 0 radical (unpaired) electrons. The lowest BCUT2D eigenvalue weighted by Crippen LogP contribution is -2.22. The maximum atomic E-state index is 11.4. The Balaban J connectivity index is 3.06. The smallest absolute Gasteiger partial charge is 0.251 e. The van der Waals surface area contributed by atoms with Crippen molar-refractivity contribution in [1.29, 1.82) is 0 Å². The Morgan fingerprint density at radius 1 is 1.43 bits per heavy atom. The van der Waals surface area contributed by atoms with Crippen LogP contribution in [0.4, 0.5) is 0 Å². The molecule has 0 aliphatic rings. The summed E-state index contributed by atoms with van der Waals surface area (Å²) in [6.45, 7) is 2.43. The zero-order valence-electron chi connectivity index (χ0n) is 7.47. The Morgan fingerprint density at radius 3 is 2.36 bits per heavy atom. The Kier molecular flexibility index (Phi) is 3.95. The predicted octanol–water partition coefficient (Wildman–Crippen LogP) is 2.67. The van der Waals surface area contributed by atoms with Crippen molar-refractivity contribution in [2.45, 2.75) is 6.92 Å². The van der Waals surface area contributed by atoms with Crippen LogP contribution < -0.4 is 5.32 Å². The van der Waals surface area contributed by atoms with E-state index in [1.807, 2.05) is 6.92 Å². The molecule has 1 rings (SSSR count). The van der Waals surface area contributed by atoms with Crippen LogP contribution in [0, 0.1) is 0 Å². The average Bonchev–Trinajstić information content (AvgIpc) is 2.13. The molecule has 0 unspecified atom stereocenters. The van der Waals surface area contributed by atoms with E-state index in [4.69, 9.17) is 0 Å². The lowest BCUT2D eigenvalue weighted by molar-refractivity contribution is 0.0955. The van der Waals surface area contributed by atoms with Gasteiger partial charge in [-0.2, -0.15) is 0 Å². The zero-order chi connectivity index (χ0) is 10.7. The van der Waals surface area contributed by atoms with Gasteiger partial charge in [-0.15, -0.1) is 0 Å². The quantitative estimate of drug-likeness (QED) is 0.879. The van der Waals surface area contributed by atoms with Gasteiger partial charge in [0.1, 0.15) is 5.75 Å². The lowest BCUT2D eigenvalue weighted by atomic mass is 10.2. The molecule has 1 amide bonds. The number of hydrogen-bond acceptors (Lipinski definition) is 2. The second-order valence-corrected chi connectivity index (χ2v) is 4.36. The fraction of sp³-hybridized carbons (Fsp3) is 0.222. The maximum absolute atomic E-state index is 11.4. The molecule has 0 fully saturated rings. The second kappa shape index (κ2) is 4.79. The van der Waals surface area contributed by atoms with Crippen molar-refractivity contribution in [1.82, 2.24) is 5.32 Å². The highest BCUT2D eigenvalue weighted by molar-refractivity contribution is 9.11. The van der Waals surface area contributed by atoms with Gasteiger partial charge in [-0.3, -0.25) is 4.79 Å². The largest absolute Gasteiger partial charge is 0.506 e. The van der Waals surface area contributed by atoms with Crippen LogP contribution in [0.2, 0.25) is 0 Å². The van der Waals surface area contributed by atoms with Crippen LogP contribution in [0.15, 0.2) is 21.1 Å².